The van der Waals surface area contributed by atoms with Gasteiger partial charge in [0.25, 0.3) is 0 Å². The summed E-state index contributed by atoms with van der Waals surface area (Å²) in [7, 11) is 0. The molecule has 0 aliphatic carbocycles. The molecule has 1 unspecified atom stereocenters. The SMILES string of the molecule is CSCCCN1CCC(N2CCC(C(=O)NCC3CCCO3)CC2)CC1. The lowest BCUT2D eigenvalue weighted by molar-refractivity contribution is -0.127. The van der Waals surface area contributed by atoms with E-state index in [9.17, 15) is 4.79 Å². The zero-order valence-electron chi connectivity index (χ0n) is 16.5. The van der Waals surface area contributed by atoms with E-state index in [1.807, 2.05) is 11.8 Å². The van der Waals surface area contributed by atoms with E-state index >= 15 is 0 Å². The van der Waals surface area contributed by atoms with Crippen molar-refractivity contribution < 1.29 is 9.53 Å². The van der Waals surface area contributed by atoms with Crippen molar-refractivity contribution in [1.82, 2.24) is 15.1 Å². The summed E-state index contributed by atoms with van der Waals surface area (Å²) in [5.41, 5.74) is 0. The Hall–Kier alpha value is -0.300. The van der Waals surface area contributed by atoms with Crippen LogP contribution in [0.3, 0.4) is 0 Å². The van der Waals surface area contributed by atoms with Gasteiger partial charge in [0, 0.05) is 25.1 Å². The van der Waals surface area contributed by atoms with Crippen LogP contribution in [0.5, 0.6) is 0 Å². The fourth-order valence-corrected chi connectivity index (χ4v) is 5.05. The van der Waals surface area contributed by atoms with Crippen LogP contribution in [-0.2, 0) is 9.53 Å². The van der Waals surface area contributed by atoms with Gasteiger partial charge < -0.3 is 19.9 Å². The van der Waals surface area contributed by atoms with E-state index in [0.717, 1.165) is 51.4 Å². The lowest BCUT2D eigenvalue weighted by atomic mass is 9.92. The first-order chi connectivity index (χ1) is 12.8. The van der Waals surface area contributed by atoms with E-state index in [-0.39, 0.29) is 17.9 Å². The highest BCUT2D eigenvalue weighted by Gasteiger charge is 2.30. The Labute approximate surface area is 163 Å². The van der Waals surface area contributed by atoms with E-state index in [2.05, 4.69) is 21.4 Å². The van der Waals surface area contributed by atoms with Crippen molar-refractivity contribution in [2.24, 2.45) is 5.92 Å². The summed E-state index contributed by atoms with van der Waals surface area (Å²) >= 11 is 1.95. The molecule has 3 aliphatic heterocycles. The number of carbonyl (C=O) groups excluding carboxylic acids is 1. The minimum atomic E-state index is 0.208. The minimum Gasteiger partial charge on any atom is -0.376 e. The molecule has 3 saturated heterocycles. The van der Waals surface area contributed by atoms with Crippen LogP contribution >= 0.6 is 11.8 Å². The number of carbonyl (C=O) groups is 1. The van der Waals surface area contributed by atoms with Gasteiger partial charge in [-0.25, -0.2) is 0 Å². The van der Waals surface area contributed by atoms with Gasteiger partial charge in [-0.3, -0.25) is 4.79 Å². The normalized spacial score (nSPS) is 27.0. The average molecular weight is 384 g/mol. The average Bonchev–Trinajstić information content (AvgIpc) is 3.21. The van der Waals surface area contributed by atoms with Crippen molar-refractivity contribution in [1.29, 1.82) is 0 Å². The van der Waals surface area contributed by atoms with Crippen LogP contribution in [0, 0.1) is 5.92 Å². The van der Waals surface area contributed by atoms with E-state index in [1.54, 1.807) is 0 Å². The maximum Gasteiger partial charge on any atom is 0.223 e. The maximum absolute atomic E-state index is 12.4. The predicted octanol–water partition coefficient (Wildman–Crippen LogP) is 2.21. The molecular formula is C20H37N3O2S. The highest BCUT2D eigenvalue weighted by atomic mass is 32.2. The quantitative estimate of drug-likeness (QED) is 0.651. The highest BCUT2D eigenvalue weighted by molar-refractivity contribution is 7.98. The molecule has 150 valence electrons. The first-order valence-electron chi connectivity index (χ1n) is 10.6. The number of hydrogen-bond acceptors (Lipinski definition) is 5. The van der Waals surface area contributed by atoms with E-state index < -0.39 is 0 Å². The third kappa shape index (κ3) is 6.11. The van der Waals surface area contributed by atoms with Crippen LogP contribution in [0.25, 0.3) is 0 Å². The molecule has 6 heteroatoms. The third-order valence-corrected chi connectivity index (χ3v) is 7.02. The maximum atomic E-state index is 12.4. The summed E-state index contributed by atoms with van der Waals surface area (Å²) in [6, 6.07) is 0.739. The van der Waals surface area contributed by atoms with Gasteiger partial charge in [-0.05, 0) is 89.7 Å². The fraction of sp³-hybridized carbons (Fsp3) is 0.950. The van der Waals surface area contributed by atoms with Gasteiger partial charge in [-0.2, -0.15) is 11.8 Å². The molecule has 3 aliphatic rings. The molecule has 1 N–H and O–H groups in total. The standard InChI is InChI=1S/C20H37N3O2S/c1-26-15-3-9-22-10-7-18(8-11-22)23-12-5-17(6-13-23)20(24)21-16-19-4-2-14-25-19/h17-19H,2-16H2,1H3,(H,21,24). The monoisotopic (exact) mass is 383 g/mol. The number of likely N-dealkylation sites (tertiary alicyclic amines) is 2. The molecule has 0 spiro atoms. The van der Waals surface area contributed by atoms with Crippen LogP contribution in [0.1, 0.15) is 44.9 Å². The topological polar surface area (TPSA) is 44.8 Å². The number of hydrogen-bond donors (Lipinski definition) is 1. The number of nitrogens with one attached hydrogen (secondary N) is 1. The van der Waals surface area contributed by atoms with E-state index in [1.165, 1.54) is 44.6 Å². The first kappa shape index (κ1) is 20.4. The van der Waals surface area contributed by atoms with Crippen molar-refractivity contribution >= 4 is 17.7 Å². The van der Waals surface area contributed by atoms with E-state index in [4.69, 9.17) is 4.74 Å². The predicted molar refractivity (Wildman–Crippen MR) is 109 cm³/mol. The Morgan fingerprint density at radius 1 is 1.12 bits per heavy atom. The second-order valence-corrected chi connectivity index (χ2v) is 9.10. The van der Waals surface area contributed by atoms with Crippen molar-refractivity contribution in [3.8, 4) is 0 Å². The number of amides is 1. The molecule has 26 heavy (non-hydrogen) atoms. The van der Waals surface area contributed by atoms with Gasteiger partial charge >= 0.3 is 0 Å². The Balaban J connectivity index is 1.30. The van der Waals surface area contributed by atoms with Crippen molar-refractivity contribution in [2.45, 2.75) is 57.1 Å². The number of thioether (sulfide) groups is 1. The van der Waals surface area contributed by atoms with Gasteiger partial charge in [0.15, 0.2) is 0 Å². The van der Waals surface area contributed by atoms with Crippen molar-refractivity contribution in [3.05, 3.63) is 0 Å². The number of nitrogens with zero attached hydrogens (tertiary/aromatic N) is 2. The van der Waals surface area contributed by atoms with Gasteiger partial charge in [-0.1, -0.05) is 0 Å². The number of ether oxygens (including phenoxy) is 1. The van der Waals surface area contributed by atoms with Crippen LogP contribution in [0.2, 0.25) is 0 Å². The largest absolute Gasteiger partial charge is 0.376 e. The van der Waals surface area contributed by atoms with Crippen LogP contribution < -0.4 is 5.32 Å². The molecule has 3 fully saturated rings. The molecule has 3 rings (SSSR count). The number of rotatable bonds is 8. The molecule has 0 aromatic carbocycles. The zero-order chi connectivity index (χ0) is 18.2. The highest BCUT2D eigenvalue weighted by Crippen LogP contribution is 2.24. The third-order valence-electron chi connectivity index (χ3n) is 6.32. The summed E-state index contributed by atoms with van der Waals surface area (Å²) < 4.78 is 5.60. The zero-order valence-corrected chi connectivity index (χ0v) is 17.3. The molecular weight excluding hydrogens is 346 g/mol. The van der Waals surface area contributed by atoms with Gasteiger partial charge in [-0.15, -0.1) is 0 Å². The molecule has 1 atom stereocenters. The van der Waals surface area contributed by atoms with Gasteiger partial charge in [0.1, 0.15) is 0 Å². The van der Waals surface area contributed by atoms with Gasteiger partial charge in [0.05, 0.1) is 6.10 Å². The summed E-state index contributed by atoms with van der Waals surface area (Å²) in [6.45, 7) is 7.51. The Morgan fingerprint density at radius 3 is 2.54 bits per heavy atom. The molecule has 0 saturated carbocycles. The molecule has 0 aromatic rings. The lowest BCUT2D eigenvalue weighted by Crippen LogP contribution is -2.49. The van der Waals surface area contributed by atoms with Gasteiger partial charge in [0.2, 0.25) is 5.91 Å². The Bertz CT molecular complexity index is 415. The minimum absolute atomic E-state index is 0.208. The molecule has 0 bridgehead atoms. The van der Waals surface area contributed by atoms with Crippen molar-refractivity contribution in [2.75, 3.05) is 57.9 Å². The van der Waals surface area contributed by atoms with Crippen LogP contribution in [0.15, 0.2) is 0 Å². The second-order valence-electron chi connectivity index (χ2n) is 8.11. The van der Waals surface area contributed by atoms with Crippen molar-refractivity contribution in [3.63, 3.8) is 0 Å². The smallest absolute Gasteiger partial charge is 0.223 e. The van der Waals surface area contributed by atoms with Crippen LogP contribution in [-0.4, -0.2) is 85.7 Å². The van der Waals surface area contributed by atoms with Crippen LogP contribution in [0.4, 0.5) is 0 Å². The molecule has 0 radical (unpaired) electrons. The van der Waals surface area contributed by atoms with E-state index in [0.29, 0.717) is 6.54 Å². The Morgan fingerprint density at radius 2 is 1.88 bits per heavy atom. The molecule has 3 heterocycles. The Kier molecular flexibility index (Phi) is 8.56. The lowest BCUT2D eigenvalue weighted by Gasteiger charge is -2.41. The summed E-state index contributed by atoms with van der Waals surface area (Å²) in [5, 5.41) is 3.13. The molecule has 1 amide bonds. The summed E-state index contributed by atoms with van der Waals surface area (Å²) in [6.07, 6.45) is 10.6. The molecule has 0 aromatic heterocycles. The fourth-order valence-electron chi connectivity index (χ4n) is 4.63. The summed E-state index contributed by atoms with van der Waals surface area (Å²) in [4.78, 5) is 17.7. The molecule has 5 nitrogen and oxygen atoms in total. The summed E-state index contributed by atoms with van der Waals surface area (Å²) in [5.74, 6) is 1.74. The number of piperidine rings is 2. The second kappa shape index (κ2) is 10.9. The first-order valence-corrected chi connectivity index (χ1v) is 12.0.